The van der Waals surface area contributed by atoms with Crippen molar-refractivity contribution in [2.45, 2.75) is 32.4 Å². The van der Waals surface area contributed by atoms with Crippen molar-refractivity contribution in [3.8, 4) is 0 Å². The fourth-order valence-electron chi connectivity index (χ4n) is 0.801. The number of rotatable bonds is 5. The van der Waals surface area contributed by atoms with Crippen LogP contribution in [0.5, 0.6) is 0 Å². The zero-order valence-electron chi connectivity index (χ0n) is 8.24. The van der Waals surface area contributed by atoms with E-state index in [1.165, 1.54) is 13.8 Å². The average molecular weight is 201 g/mol. The molecule has 0 aliphatic rings. The van der Waals surface area contributed by atoms with Gasteiger partial charge in [0.15, 0.2) is 5.78 Å². The lowest BCUT2D eigenvalue weighted by Gasteiger charge is -2.15. The van der Waals surface area contributed by atoms with Crippen LogP contribution >= 0.6 is 0 Å². The molecule has 14 heavy (non-hydrogen) atoms. The van der Waals surface area contributed by atoms with E-state index in [0.29, 0.717) is 0 Å². The molecule has 0 radical (unpaired) electrons. The van der Waals surface area contributed by atoms with E-state index in [1.807, 2.05) is 0 Å². The zero-order valence-corrected chi connectivity index (χ0v) is 8.24. The Morgan fingerprint density at radius 2 is 1.86 bits per heavy atom. The number of primary amides is 1. The molecule has 0 aromatic heterocycles. The highest BCUT2D eigenvalue weighted by molar-refractivity contribution is 5.92. The van der Waals surface area contributed by atoms with Crippen molar-refractivity contribution < 1.29 is 14.4 Å². The number of ketones is 1. The van der Waals surface area contributed by atoms with Crippen LogP contribution in [0, 0.1) is 0 Å². The van der Waals surface area contributed by atoms with Crippen LogP contribution in [-0.4, -0.2) is 29.7 Å². The number of nitrogens with two attached hydrogens (primary N) is 2. The fraction of sp³-hybridized carbons (Fsp3) is 0.625. The van der Waals surface area contributed by atoms with Gasteiger partial charge in [0.1, 0.15) is 0 Å². The normalized spacial score (nSPS) is 14.2. The van der Waals surface area contributed by atoms with E-state index < -0.39 is 23.9 Å². The molecule has 0 unspecified atom stereocenters. The van der Waals surface area contributed by atoms with Gasteiger partial charge in [-0.15, -0.1) is 0 Å². The standard InChI is InChI=1S/C8H15N3O3/c1-4(9)8(14)11-6(5(2)12)3-7(10)13/h4,6H,3,9H2,1-2H3,(H2,10,13)(H,11,14)/t4-,6+/m1/s1. The molecule has 0 aliphatic carbocycles. The van der Waals surface area contributed by atoms with Gasteiger partial charge in [0.25, 0.3) is 0 Å². The first kappa shape index (κ1) is 12.6. The predicted octanol–water partition coefficient (Wildman–Crippen LogP) is -1.72. The molecule has 0 aliphatic heterocycles. The van der Waals surface area contributed by atoms with Crippen molar-refractivity contribution >= 4 is 17.6 Å². The molecule has 0 aromatic carbocycles. The monoisotopic (exact) mass is 201 g/mol. The van der Waals surface area contributed by atoms with Crippen LogP contribution in [0.1, 0.15) is 20.3 Å². The quantitative estimate of drug-likeness (QED) is 0.490. The summed E-state index contributed by atoms with van der Waals surface area (Å²) in [4.78, 5) is 32.6. The molecular formula is C8H15N3O3. The van der Waals surface area contributed by atoms with Crippen LogP contribution in [-0.2, 0) is 14.4 Å². The summed E-state index contributed by atoms with van der Waals surface area (Å²) in [6, 6.07) is -1.59. The van der Waals surface area contributed by atoms with Gasteiger partial charge in [-0.1, -0.05) is 0 Å². The molecule has 0 saturated heterocycles. The third kappa shape index (κ3) is 4.56. The van der Waals surface area contributed by atoms with E-state index >= 15 is 0 Å². The SMILES string of the molecule is CC(=O)[C@H](CC(N)=O)NC(=O)[C@@H](C)N. The van der Waals surface area contributed by atoms with Gasteiger partial charge in [-0.2, -0.15) is 0 Å². The van der Waals surface area contributed by atoms with Crippen molar-refractivity contribution in [1.82, 2.24) is 5.32 Å². The number of Topliss-reactive ketones (excluding diaryl/α,β-unsaturated/α-hetero) is 1. The Kier molecular flexibility index (Phi) is 4.79. The van der Waals surface area contributed by atoms with E-state index in [9.17, 15) is 14.4 Å². The molecule has 0 heterocycles. The summed E-state index contributed by atoms with van der Waals surface area (Å²) in [6.45, 7) is 2.76. The minimum atomic E-state index is -0.869. The lowest BCUT2D eigenvalue weighted by atomic mass is 10.1. The molecule has 6 heteroatoms. The van der Waals surface area contributed by atoms with E-state index in [2.05, 4.69) is 5.32 Å². The summed E-state index contributed by atoms with van der Waals surface area (Å²) in [5, 5.41) is 2.33. The van der Waals surface area contributed by atoms with E-state index in [1.54, 1.807) is 0 Å². The van der Waals surface area contributed by atoms with Gasteiger partial charge >= 0.3 is 0 Å². The number of carbonyl (C=O) groups excluding carboxylic acids is 3. The molecule has 0 spiro atoms. The lowest BCUT2D eigenvalue weighted by molar-refractivity contribution is -0.129. The van der Waals surface area contributed by atoms with Gasteiger partial charge in [-0.05, 0) is 13.8 Å². The Morgan fingerprint density at radius 1 is 1.36 bits per heavy atom. The molecule has 0 rings (SSSR count). The maximum absolute atomic E-state index is 11.1. The molecule has 80 valence electrons. The second kappa shape index (κ2) is 5.33. The number of hydrogen-bond acceptors (Lipinski definition) is 4. The highest BCUT2D eigenvalue weighted by atomic mass is 16.2. The number of hydrogen-bond donors (Lipinski definition) is 3. The summed E-state index contributed by atoms with van der Waals surface area (Å²) >= 11 is 0. The summed E-state index contributed by atoms with van der Waals surface area (Å²) in [5.74, 6) is -1.44. The Morgan fingerprint density at radius 3 is 2.14 bits per heavy atom. The van der Waals surface area contributed by atoms with Gasteiger partial charge in [0, 0.05) is 0 Å². The number of nitrogens with one attached hydrogen (secondary N) is 1. The maximum atomic E-state index is 11.1. The van der Waals surface area contributed by atoms with Crippen LogP contribution < -0.4 is 16.8 Å². The van der Waals surface area contributed by atoms with Crippen molar-refractivity contribution in [2.24, 2.45) is 11.5 Å². The molecular weight excluding hydrogens is 186 g/mol. The Balaban J connectivity index is 4.31. The molecule has 0 bridgehead atoms. The van der Waals surface area contributed by atoms with Gasteiger partial charge in [0.2, 0.25) is 11.8 Å². The third-order valence-corrected chi connectivity index (χ3v) is 1.63. The summed E-state index contributed by atoms with van der Waals surface area (Å²) < 4.78 is 0. The van der Waals surface area contributed by atoms with E-state index in [-0.39, 0.29) is 12.2 Å². The Labute approximate surface area is 82.0 Å². The van der Waals surface area contributed by atoms with Crippen LogP contribution in [0.3, 0.4) is 0 Å². The molecule has 0 saturated carbocycles. The summed E-state index contributed by atoms with van der Waals surface area (Å²) in [7, 11) is 0. The first-order chi connectivity index (χ1) is 6.34. The second-order valence-corrected chi connectivity index (χ2v) is 3.13. The van der Waals surface area contributed by atoms with E-state index in [4.69, 9.17) is 11.5 Å². The van der Waals surface area contributed by atoms with Crippen LogP contribution in [0.15, 0.2) is 0 Å². The molecule has 5 N–H and O–H groups in total. The van der Waals surface area contributed by atoms with Crippen LogP contribution in [0.4, 0.5) is 0 Å². The van der Waals surface area contributed by atoms with Gasteiger partial charge in [-0.25, -0.2) is 0 Å². The smallest absolute Gasteiger partial charge is 0.237 e. The van der Waals surface area contributed by atoms with Gasteiger partial charge in [-0.3, -0.25) is 14.4 Å². The first-order valence-electron chi connectivity index (χ1n) is 4.19. The second-order valence-electron chi connectivity index (χ2n) is 3.13. The minimum absolute atomic E-state index is 0.201. The average Bonchev–Trinajstić information content (AvgIpc) is 2.01. The molecule has 0 fully saturated rings. The first-order valence-corrected chi connectivity index (χ1v) is 4.19. The number of amides is 2. The van der Waals surface area contributed by atoms with Gasteiger partial charge < -0.3 is 16.8 Å². The van der Waals surface area contributed by atoms with Crippen molar-refractivity contribution in [3.05, 3.63) is 0 Å². The zero-order chi connectivity index (χ0) is 11.3. The summed E-state index contributed by atoms with van der Waals surface area (Å²) in [5.41, 5.74) is 10.2. The van der Waals surface area contributed by atoms with E-state index in [0.717, 1.165) is 0 Å². The highest BCUT2D eigenvalue weighted by Gasteiger charge is 2.20. The fourth-order valence-corrected chi connectivity index (χ4v) is 0.801. The maximum Gasteiger partial charge on any atom is 0.237 e. The minimum Gasteiger partial charge on any atom is -0.370 e. The topological polar surface area (TPSA) is 115 Å². The molecule has 2 amide bonds. The highest BCUT2D eigenvalue weighted by Crippen LogP contribution is 1.93. The molecule has 6 nitrogen and oxygen atoms in total. The van der Waals surface area contributed by atoms with Crippen LogP contribution in [0.25, 0.3) is 0 Å². The summed E-state index contributed by atoms with van der Waals surface area (Å²) in [6.07, 6.45) is -0.201. The van der Waals surface area contributed by atoms with Crippen LogP contribution in [0.2, 0.25) is 0 Å². The Bertz CT molecular complexity index is 250. The van der Waals surface area contributed by atoms with Crippen molar-refractivity contribution in [1.29, 1.82) is 0 Å². The van der Waals surface area contributed by atoms with Crippen molar-refractivity contribution in [3.63, 3.8) is 0 Å². The largest absolute Gasteiger partial charge is 0.370 e. The third-order valence-electron chi connectivity index (χ3n) is 1.63. The van der Waals surface area contributed by atoms with Gasteiger partial charge in [0.05, 0.1) is 18.5 Å². The lowest BCUT2D eigenvalue weighted by Crippen LogP contribution is -2.48. The Hall–Kier alpha value is -1.43. The molecule has 0 aromatic rings. The molecule has 2 atom stereocenters. The number of carbonyl (C=O) groups is 3. The van der Waals surface area contributed by atoms with Crippen molar-refractivity contribution in [2.75, 3.05) is 0 Å². The predicted molar refractivity (Wildman–Crippen MR) is 50.1 cm³/mol.